The Morgan fingerprint density at radius 3 is 2.95 bits per heavy atom. The van der Waals surface area contributed by atoms with Crippen molar-refractivity contribution in [2.75, 3.05) is 12.4 Å². The van der Waals surface area contributed by atoms with Gasteiger partial charge in [-0.25, -0.2) is 4.98 Å². The second-order valence-corrected chi connectivity index (χ2v) is 6.87. The number of rotatable bonds is 5. The molecule has 6 heteroatoms. The van der Waals surface area contributed by atoms with Crippen LogP contribution in [0.5, 0.6) is 5.75 Å². The summed E-state index contributed by atoms with van der Waals surface area (Å²) in [5, 5.41) is 0.689. The summed E-state index contributed by atoms with van der Waals surface area (Å²) in [6.45, 7) is 2.64. The summed E-state index contributed by atoms with van der Waals surface area (Å²) in [4.78, 5) is 19.2. The third-order valence-electron chi connectivity index (χ3n) is 3.18. The standard InChI is InChI=1S/C15H16N2O2S2/c1-10-2-4-11(5-3-10)19-6-7-21-15-16-13-9-20-8-12(13)14(18)17-15/h2-5H,6-9H2,1H3,(H,16,17,18). The number of hydrogen-bond donors (Lipinski definition) is 1. The van der Waals surface area contributed by atoms with Crippen molar-refractivity contribution in [3.05, 3.63) is 51.4 Å². The molecule has 1 aliphatic heterocycles. The smallest absolute Gasteiger partial charge is 0.255 e. The number of aryl methyl sites for hydroxylation is 1. The summed E-state index contributed by atoms with van der Waals surface area (Å²) in [7, 11) is 0. The number of hydrogen-bond acceptors (Lipinski definition) is 5. The Bertz CT molecular complexity index is 683. The van der Waals surface area contributed by atoms with Crippen LogP contribution in [0.25, 0.3) is 0 Å². The number of nitrogens with zero attached hydrogens (tertiary/aromatic N) is 1. The Morgan fingerprint density at radius 1 is 1.33 bits per heavy atom. The Labute approximate surface area is 131 Å². The van der Waals surface area contributed by atoms with E-state index in [1.165, 1.54) is 17.3 Å². The fourth-order valence-corrected chi connectivity index (χ4v) is 3.78. The highest BCUT2D eigenvalue weighted by Crippen LogP contribution is 2.26. The van der Waals surface area contributed by atoms with Crippen molar-refractivity contribution in [1.82, 2.24) is 9.97 Å². The normalized spacial score (nSPS) is 13.2. The lowest BCUT2D eigenvalue weighted by atomic mass is 10.2. The maximum absolute atomic E-state index is 11.9. The van der Waals surface area contributed by atoms with Crippen LogP contribution in [0.3, 0.4) is 0 Å². The molecule has 1 N–H and O–H groups in total. The predicted octanol–water partition coefficient (Wildman–Crippen LogP) is 3.00. The van der Waals surface area contributed by atoms with Gasteiger partial charge in [-0.15, -0.1) is 0 Å². The van der Waals surface area contributed by atoms with Crippen LogP contribution in [0.15, 0.2) is 34.2 Å². The number of nitrogens with one attached hydrogen (secondary N) is 1. The molecule has 0 fully saturated rings. The number of aromatic amines is 1. The average Bonchev–Trinajstić information content (AvgIpc) is 2.94. The molecule has 0 atom stereocenters. The largest absolute Gasteiger partial charge is 0.493 e. The van der Waals surface area contributed by atoms with Gasteiger partial charge in [-0.1, -0.05) is 29.5 Å². The van der Waals surface area contributed by atoms with Crippen molar-refractivity contribution in [3.8, 4) is 5.75 Å². The molecule has 110 valence electrons. The van der Waals surface area contributed by atoms with Crippen LogP contribution in [0.1, 0.15) is 16.8 Å². The summed E-state index contributed by atoms with van der Waals surface area (Å²) >= 11 is 3.26. The molecule has 0 unspecified atom stereocenters. The molecule has 1 aliphatic rings. The molecular weight excluding hydrogens is 304 g/mol. The van der Waals surface area contributed by atoms with Gasteiger partial charge in [0.05, 0.1) is 12.3 Å². The molecule has 0 amide bonds. The molecule has 1 aromatic carbocycles. The minimum absolute atomic E-state index is 0.00644. The van der Waals surface area contributed by atoms with E-state index in [1.54, 1.807) is 11.8 Å². The fraction of sp³-hybridized carbons (Fsp3) is 0.333. The Hall–Kier alpha value is -1.40. The molecule has 0 saturated carbocycles. The van der Waals surface area contributed by atoms with E-state index in [9.17, 15) is 4.79 Å². The number of ether oxygens (including phenoxy) is 1. The lowest BCUT2D eigenvalue weighted by Crippen LogP contribution is -2.15. The van der Waals surface area contributed by atoms with E-state index in [0.29, 0.717) is 11.8 Å². The van der Waals surface area contributed by atoms with Crippen LogP contribution < -0.4 is 10.3 Å². The topological polar surface area (TPSA) is 55.0 Å². The highest BCUT2D eigenvalue weighted by molar-refractivity contribution is 7.99. The Balaban J connectivity index is 1.53. The molecule has 0 aliphatic carbocycles. The summed E-state index contributed by atoms with van der Waals surface area (Å²) in [5.41, 5.74) is 2.99. The number of fused-ring (bicyclic) bond motifs is 1. The first-order valence-electron chi connectivity index (χ1n) is 6.74. The zero-order valence-electron chi connectivity index (χ0n) is 11.7. The molecule has 4 nitrogen and oxygen atoms in total. The number of thioether (sulfide) groups is 2. The average molecular weight is 320 g/mol. The third-order valence-corrected chi connectivity index (χ3v) is 4.98. The summed E-state index contributed by atoms with van der Waals surface area (Å²) in [5.74, 6) is 3.24. The van der Waals surface area contributed by atoms with E-state index in [2.05, 4.69) is 9.97 Å². The van der Waals surface area contributed by atoms with Gasteiger partial charge in [-0.05, 0) is 19.1 Å². The molecule has 0 radical (unpaired) electrons. The van der Waals surface area contributed by atoms with E-state index in [-0.39, 0.29) is 5.56 Å². The van der Waals surface area contributed by atoms with Gasteiger partial charge in [0, 0.05) is 22.8 Å². The maximum Gasteiger partial charge on any atom is 0.255 e. The summed E-state index contributed by atoms with van der Waals surface area (Å²) in [6.07, 6.45) is 0. The first-order chi connectivity index (χ1) is 10.2. The van der Waals surface area contributed by atoms with Crippen molar-refractivity contribution in [2.45, 2.75) is 23.6 Å². The van der Waals surface area contributed by atoms with Gasteiger partial charge in [0.1, 0.15) is 5.75 Å². The second kappa shape index (κ2) is 6.58. The van der Waals surface area contributed by atoms with Gasteiger partial charge < -0.3 is 9.72 Å². The van der Waals surface area contributed by atoms with Crippen LogP contribution in [0.4, 0.5) is 0 Å². The zero-order chi connectivity index (χ0) is 14.7. The van der Waals surface area contributed by atoms with E-state index in [1.807, 2.05) is 31.2 Å². The van der Waals surface area contributed by atoms with Crippen LogP contribution in [-0.4, -0.2) is 22.3 Å². The Kier molecular flexibility index (Phi) is 4.55. The van der Waals surface area contributed by atoms with Gasteiger partial charge in [-0.3, -0.25) is 4.79 Å². The van der Waals surface area contributed by atoms with Crippen molar-refractivity contribution >= 4 is 23.5 Å². The first-order valence-corrected chi connectivity index (χ1v) is 8.88. The molecule has 21 heavy (non-hydrogen) atoms. The first kappa shape index (κ1) is 14.5. The number of benzene rings is 1. The minimum Gasteiger partial charge on any atom is -0.493 e. The highest BCUT2D eigenvalue weighted by atomic mass is 32.2. The van der Waals surface area contributed by atoms with Crippen molar-refractivity contribution < 1.29 is 4.74 Å². The van der Waals surface area contributed by atoms with Gasteiger partial charge >= 0.3 is 0 Å². The molecule has 1 aromatic heterocycles. The number of H-pyrrole nitrogens is 1. The summed E-state index contributed by atoms with van der Waals surface area (Å²) < 4.78 is 5.66. The van der Waals surface area contributed by atoms with E-state index >= 15 is 0 Å². The SMILES string of the molecule is Cc1ccc(OCCSc2nc3c(c(=O)[nH]2)CSC3)cc1. The lowest BCUT2D eigenvalue weighted by Gasteiger charge is -2.06. The van der Waals surface area contributed by atoms with Crippen LogP contribution in [0, 0.1) is 6.92 Å². The minimum atomic E-state index is 0.00644. The zero-order valence-corrected chi connectivity index (χ0v) is 13.4. The monoisotopic (exact) mass is 320 g/mol. The van der Waals surface area contributed by atoms with Crippen molar-refractivity contribution in [1.29, 1.82) is 0 Å². The van der Waals surface area contributed by atoms with Gasteiger partial charge in [0.25, 0.3) is 5.56 Å². The molecule has 2 heterocycles. The van der Waals surface area contributed by atoms with Gasteiger partial charge in [0.15, 0.2) is 5.16 Å². The van der Waals surface area contributed by atoms with Crippen LogP contribution >= 0.6 is 23.5 Å². The third kappa shape index (κ3) is 3.63. The van der Waals surface area contributed by atoms with E-state index in [4.69, 9.17) is 4.74 Å². The molecule has 0 bridgehead atoms. The van der Waals surface area contributed by atoms with Crippen molar-refractivity contribution in [3.63, 3.8) is 0 Å². The van der Waals surface area contributed by atoms with E-state index < -0.39 is 0 Å². The van der Waals surface area contributed by atoms with E-state index in [0.717, 1.165) is 34.3 Å². The summed E-state index contributed by atoms with van der Waals surface area (Å²) in [6, 6.07) is 7.98. The fourth-order valence-electron chi connectivity index (χ4n) is 2.04. The molecule has 0 saturated heterocycles. The van der Waals surface area contributed by atoms with Crippen LogP contribution in [0.2, 0.25) is 0 Å². The van der Waals surface area contributed by atoms with Gasteiger partial charge in [0.2, 0.25) is 0 Å². The second-order valence-electron chi connectivity index (χ2n) is 4.80. The lowest BCUT2D eigenvalue weighted by molar-refractivity contribution is 0.344. The van der Waals surface area contributed by atoms with Gasteiger partial charge in [-0.2, -0.15) is 11.8 Å². The molecular formula is C15H16N2O2S2. The van der Waals surface area contributed by atoms with Crippen molar-refractivity contribution in [2.24, 2.45) is 0 Å². The highest BCUT2D eigenvalue weighted by Gasteiger charge is 2.17. The quantitative estimate of drug-likeness (QED) is 0.521. The Morgan fingerprint density at radius 2 is 2.14 bits per heavy atom. The predicted molar refractivity (Wildman–Crippen MR) is 87.3 cm³/mol. The van der Waals surface area contributed by atoms with Crippen LogP contribution in [-0.2, 0) is 11.5 Å². The molecule has 3 rings (SSSR count). The maximum atomic E-state index is 11.9. The number of aromatic nitrogens is 2. The molecule has 0 spiro atoms. The molecule has 2 aromatic rings.